The number of nitrogens with zero attached hydrogens (tertiary/aromatic N) is 4. The quantitative estimate of drug-likeness (QED) is 0.0995. The highest BCUT2D eigenvalue weighted by molar-refractivity contribution is 5.81. The molecule has 0 aromatic rings. The summed E-state index contributed by atoms with van der Waals surface area (Å²) >= 11 is 0. The lowest BCUT2D eigenvalue weighted by Crippen LogP contribution is -2.15. The van der Waals surface area contributed by atoms with Crippen LogP contribution >= 0.6 is 0 Å². The first-order valence-electron chi connectivity index (χ1n) is 1.92. The second kappa shape index (κ2) is 3.90. The van der Waals surface area contributed by atoms with Crippen molar-refractivity contribution in [1.29, 1.82) is 5.26 Å². The van der Waals surface area contributed by atoms with Crippen LogP contribution in [0.15, 0.2) is 10.3 Å². The van der Waals surface area contributed by atoms with Crippen molar-refractivity contribution in [2.75, 3.05) is 0 Å². The summed E-state index contributed by atoms with van der Waals surface area (Å²) in [7, 11) is 0. The third-order valence-corrected chi connectivity index (χ3v) is 0.431. The van der Waals surface area contributed by atoms with E-state index in [0.717, 1.165) is 0 Å². The van der Waals surface area contributed by atoms with Crippen LogP contribution in [0, 0.1) is 26.5 Å². The molecule has 10 heavy (non-hydrogen) atoms. The Morgan fingerprint density at radius 1 is 1.80 bits per heavy atom. The van der Waals surface area contributed by atoms with Gasteiger partial charge in [-0.2, -0.15) is 5.26 Å². The molecule has 0 unspecified atom stereocenters. The molecule has 0 aliphatic carbocycles. The first-order chi connectivity index (χ1) is 4.70. The van der Waals surface area contributed by atoms with Gasteiger partial charge in [0.25, 0.3) is 0 Å². The van der Waals surface area contributed by atoms with Crippen LogP contribution in [0.5, 0.6) is 0 Å². The predicted octanol–water partition coefficient (Wildman–Crippen LogP) is -0.629. The molecule has 1 N–H and O–H groups in total. The van der Waals surface area contributed by atoms with E-state index in [0.29, 0.717) is 0 Å². The van der Waals surface area contributed by atoms with Gasteiger partial charge < -0.3 is 0 Å². The van der Waals surface area contributed by atoms with E-state index in [1.54, 1.807) is 5.32 Å². The maximum absolute atomic E-state index is 9.53. The van der Waals surface area contributed by atoms with Crippen LogP contribution in [0.4, 0.5) is 0 Å². The SMILES string of the molecule is N#CNC(N=O)=N[N+](=O)[O-]. The van der Waals surface area contributed by atoms with Crippen molar-refractivity contribution in [3.8, 4) is 6.19 Å². The summed E-state index contributed by atoms with van der Waals surface area (Å²) < 4.78 is 0. The van der Waals surface area contributed by atoms with E-state index in [2.05, 4.69) is 5.10 Å². The third kappa shape index (κ3) is 3.03. The Kier molecular flexibility index (Phi) is 3.11. The first-order valence-corrected chi connectivity index (χ1v) is 1.92. The van der Waals surface area contributed by atoms with Crippen molar-refractivity contribution in [1.82, 2.24) is 5.32 Å². The summed E-state index contributed by atoms with van der Waals surface area (Å²) in [5.41, 5.74) is 0. The van der Waals surface area contributed by atoms with Gasteiger partial charge in [-0.15, -0.1) is 4.91 Å². The lowest BCUT2D eigenvalue weighted by molar-refractivity contribution is -0.485. The maximum atomic E-state index is 9.53. The van der Waals surface area contributed by atoms with Crippen LogP contribution in [0.1, 0.15) is 0 Å². The number of guanidine groups is 1. The zero-order valence-corrected chi connectivity index (χ0v) is 4.51. The summed E-state index contributed by atoms with van der Waals surface area (Å²) in [4.78, 5) is 19.0. The van der Waals surface area contributed by atoms with Crippen LogP contribution in [-0.4, -0.2) is 11.0 Å². The number of nitro groups is 1. The van der Waals surface area contributed by atoms with Gasteiger partial charge in [0.05, 0.1) is 0 Å². The molecule has 0 spiro atoms. The van der Waals surface area contributed by atoms with Crippen molar-refractivity contribution in [2.24, 2.45) is 10.3 Å². The number of hydrogen-bond acceptors (Lipinski definition) is 4. The molecule has 52 valence electrons. The number of nitriles is 1. The zero-order chi connectivity index (χ0) is 7.98. The number of nitrogens with one attached hydrogen (secondary N) is 1. The molecule has 0 atom stereocenters. The second-order valence-corrected chi connectivity index (χ2v) is 0.990. The fourth-order valence-corrected chi connectivity index (χ4v) is 0.193. The van der Waals surface area contributed by atoms with Gasteiger partial charge in [-0.05, 0) is 0 Å². The largest absolute Gasteiger partial charge is 0.347 e. The topological polar surface area (TPSA) is 121 Å². The summed E-state index contributed by atoms with van der Waals surface area (Å²) in [5.74, 6) is -0.868. The molecule has 0 aliphatic heterocycles. The number of nitroso groups, excluding NO2 is 1. The third-order valence-electron chi connectivity index (χ3n) is 0.431. The Labute approximate surface area is 54.3 Å². The fraction of sp³-hybridized carbons (Fsp3) is 0. The molecule has 0 heterocycles. The van der Waals surface area contributed by atoms with Crippen LogP contribution in [0.2, 0.25) is 0 Å². The minimum Gasteiger partial charge on any atom is -0.253 e. The number of hydrogen-bond donors (Lipinski definition) is 1. The molecular weight excluding hydrogens is 142 g/mol. The van der Waals surface area contributed by atoms with Crippen molar-refractivity contribution < 1.29 is 5.03 Å². The monoisotopic (exact) mass is 143 g/mol. The standard InChI is InChI=1S/C2HN5O3/c3-1-4-2(6-8)5-7(9)10/h(H,4,5). The van der Waals surface area contributed by atoms with E-state index in [9.17, 15) is 15.0 Å². The van der Waals surface area contributed by atoms with E-state index in [1.165, 1.54) is 6.19 Å². The van der Waals surface area contributed by atoms with Gasteiger partial charge in [0, 0.05) is 5.18 Å². The van der Waals surface area contributed by atoms with E-state index in [4.69, 9.17) is 5.26 Å². The molecule has 8 heteroatoms. The Bertz CT molecular complexity index is 213. The summed E-state index contributed by atoms with van der Waals surface area (Å²) in [6, 6.07) is 0. The minimum absolute atomic E-state index is 0.868. The Morgan fingerprint density at radius 2 is 2.40 bits per heavy atom. The van der Waals surface area contributed by atoms with Gasteiger partial charge in [0.2, 0.25) is 0 Å². The van der Waals surface area contributed by atoms with E-state index < -0.39 is 11.0 Å². The van der Waals surface area contributed by atoms with Crippen molar-refractivity contribution in [3.63, 3.8) is 0 Å². The Morgan fingerprint density at radius 3 is 2.70 bits per heavy atom. The molecular formula is C2HN5O3. The van der Waals surface area contributed by atoms with Gasteiger partial charge >= 0.3 is 5.96 Å². The Hall–Kier alpha value is -2.04. The molecule has 0 rings (SSSR count). The molecule has 0 fully saturated rings. The zero-order valence-electron chi connectivity index (χ0n) is 4.51. The average Bonchev–Trinajstić information content (AvgIpc) is 1.86. The molecule has 0 aromatic heterocycles. The molecule has 0 radical (unpaired) electrons. The van der Waals surface area contributed by atoms with E-state index in [-0.39, 0.29) is 0 Å². The van der Waals surface area contributed by atoms with Gasteiger partial charge in [0.15, 0.2) is 11.2 Å². The van der Waals surface area contributed by atoms with Gasteiger partial charge in [0.1, 0.15) is 5.10 Å². The normalized spacial score (nSPS) is 9.70. The van der Waals surface area contributed by atoms with Crippen LogP contribution < -0.4 is 5.32 Å². The van der Waals surface area contributed by atoms with Gasteiger partial charge in [-0.3, -0.25) is 5.32 Å². The van der Waals surface area contributed by atoms with Crippen LogP contribution in [-0.2, 0) is 0 Å². The summed E-state index contributed by atoms with van der Waals surface area (Å²) in [6.07, 6.45) is 1.25. The lowest BCUT2D eigenvalue weighted by atomic mass is 11.0. The lowest BCUT2D eigenvalue weighted by Gasteiger charge is -1.81. The van der Waals surface area contributed by atoms with Crippen LogP contribution in [0.3, 0.4) is 0 Å². The molecule has 0 aromatic carbocycles. The van der Waals surface area contributed by atoms with Crippen molar-refractivity contribution in [2.45, 2.75) is 0 Å². The van der Waals surface area contributed by atoms with E-state index >= 15 is 0 Å². The molecule has 0 saturated carbocycles. The van der Waals surface area contributed by atoms with Gasteiger partial charge in [-0.25, -0.2) is 10.1 Å². The highest BCUT2D eigenvalue weighted by Gasteiger charge is 2.01. The predicted molar refractivity (Wildman–Crippen MR) is 29.0 cm³/mol. The number of hydrazone groups is 1. The van der Waals surface area contributed by atoms with Crippen molar-refractivity contribution >= 4 is 5.96 Å². The second-order valence-electron chi connectivity index (χ2n) is 0.990. The molecule has 0 amide bonds. The Balaban J connectivity index is 4.21. The minimum atomic E-state index is -1.14. The maximum Gasteiger partial charge on any atom is 0.347 e. The number of rotatable bonds is 1. The molecule has 0 saturated heterocycles. The average molecular weight is 143 g/mol. The fourth-order valence-electron chi connectivity index (χ4n) is 0.193. The summed E-state index contributed by atoms with van der Waals surface area (Å²) in [6.45, 7) is 0. The van der Waals surface area contributed by atoms with Gasteiger partial charge in [-0.1, -0.05) is 0 Å². The van der Waals surface area contributed by atoms with Crippen molar-refractivity contribution in [3.05, 3.63) is 15.0 Å². The van der Waals surface area contributed by atoms with Crippen LogP contribution in [0.25, 0.3) is 0 Å². The highest BCUT2D eigenvalue weighted by atomic mass is 16.7. The first kappa shape index (κ1) is 7.96. The van der Waals surface area contributed by atoms with E-state index in [1.807, 2.05) is 5.18 Å². The smallest absolute Gasteiger partial charge is 0.253 e. The highest BCUT2D eigenvalue weighted by Crippen LogP contribution is 1.75. The summed E-state index contributed by atoms with van der Waals surface area (Å²) in [5, 5.41) is 22.2. The molecule has 0 aliphatic rings. The molecule has 8 nitrogen and oxygen atoms in total. The molecule has 0 bridgehead atoms.